The van der Waals surface area contributed by atoms with Gasteiger partial charge in [-0.25, -0.2) is 14.6 Å². The van der Waals surface area contributed by atoms with Crippen molar-refractivity contribution in [3.05, 3.63) is 30.4 Å². The van der Waals surface area contributed by atoms with Crippen LogP contribution in [0.3, 0.4) is 0 Å². The number of hydrogen-bond donors (Lipinski definition) is 5. The van der Waals surface area contributed by atoms with Gasteiger partial charge in [-0.1, -0.05) is 13.8 Å². The fraction of sp³-hybridized carbons (Fsp3) is 0.438. The van der Waals surface area contributed by atoms with Gasteiger partial charge in [0.2, 0.25) is 11.8 Å². The number of amides is 2. The van der Waals surface area contributed by atoms with Crippen molar-refractivity contribution in [2.75, 3.05) is 0 Å². The van der Waals surface area contributed by atoms with E-state index in [0.717, 1.165) is 6.08 Å². The maximum absolute atomic E-state index is 12.5. The van der Waals surface area contributed by atoms with Crippen LogP contribution in [-0.4, -0.2) is 56.0 Å². The van der Waals surface area contributed by atoms with E-state index in [0.29, 0.717) is 11.8 Å². The van der Waals surface area contributed by atoms with Crippen molar-refractivity contribution in [2.45, 2.75) is 38.8 Å². The predicted molar refractivity (Wildman–Crippen MR) is 90.0 cm³/mol. The molecule has 0 saturated carbocycles. The molecule has 0 aliphatic heterocycles. The lowest BCUT2D eigenvalue weighted by atomic mass is 10.0. The lowest BCUT2D eigenvalue weighted by molar-refractivity contribution is -0.142. The van der Waals surface area contributed by atoms with Gasteiger partial charge in [-0.05, 0) is 12.3 Å². The van der Waals surface area contributed by atoms with Gasteiger partial charge >= 0.3 is 11.9 Å². The number of nitrogens with zero attached hydrogens (tertiary/aromatic N) is 1. The van der Waals surface area contributed by atoms with Gasteiger partial charge in [-0.2, -0.15) is 0 Å². The van der Waals surface area contributed by atoms with Crippen molar-refractivity contribution in [1.82, 2.24) is 20.6 Å². The maximum atomic E-state index is 12.5. The fourth-order valence-electron chi connectivity index (χ4n) is 2.16. The number of aliphatic carboxylic acids is 2. The number of rotatable bonds is 10. The van der Waals surface area contributed by atoms with Crippen molar-refractivity contribution in [3.63, 3.8) is 0 Å². The minimum Gasteiger partial charge on any atom is -0.480 e. The Morgan fingerprint density at radius 2 is 1.85 bits per heavy atom. The number of H-pyrrole nitrogens is 1. The molecular formula is C16H22N4O6. The van der Waals surface area contributed by atoms with Gasteiger partial charge in [0.05, 0.1) is 6.33 Å². The Morgan fingerprint density at radius 3 is 2.35 bits per heavy atom. The number of hydrogen-bond acceptors (Lipinski definition) is 5. The van der Waals surface area contributed by atoms with E-state index in [1.807, 2.05) is 13.8 Å². The number of carboxylic acid groups (broad SMARTS) is 2. The fourth-order valence-corrected chi connectivity index (χ4v) is 2.16. The van der Waals surface area contributed by atoms with Crippen LogP contribution in [0.4, 0.5) is 0 Å². The third kappa shape index (κ3) is 7.60. The Morgan fingerprint density at radius 1 is 1.15 bits per heavy atom. The summed E-state index contributed by atoms with van der Waals surface area (Å²) in [6.45, 7) is 3.64. The van der Waals surface area contributed by atoms with Crippen molar-refractivity contribution in [1.29, 1.82) is 0 Å². The van der Waals surface area contributed by atoms with Crippen molar-refractivity contribution in [3.8, 4) is 0 Å². The molecular weight excluding hydrogens is 344 g/mol. The number of aromatic amines is 1. The zero-order valence-corrected chi connectivity index (χ0v) is 14.4. The highest BCUT2D eigenvalue weighted by molar-refractivity contribution is 5.97. The summed E-state index contributed by atoms with van der Waals surface area (Å²) in [5, 5.41) is 22.6. The number of imidazole rings is 1. The predicted octanol–water partition coefficient (Wildman–Crippen LogP) is -0.307. The van der Waals surface area contributed by atoms with Crippen LogP contribution in [0.15, 0.2) is 24.7 Å². The molecule has 0 bridgehead atoms. The molecule has 10 nitrogen and oxygen atoms in total. The summed E-state index contributed by atoms with van der Waals surface area (Å²) in [5.74, 6) is -3.93. The molecule has 1 aromatic rings. The second-order valence-electron chi connectivity index (χ2n) is 6.04. The number of carbonyl (C=O) groups excluding carboxylic acids is 2. The summed E-state index contributed by atoms with van der Waals surface area (Å²) in [5.41, 5.74) is 0.545. The highest BCUT2D eigenvalue weighted by Crippen LogP contribution is 2.06. The maximum Gasteiger partial charge on any atom is 0.328 e. The van der Waals surface area contributed by atoms with E-state index in [1.165, 1.54) is 12.5 Å². The summed E-state index contributed by atoms with van der Waals surface area (Å²) in [6, 6.07) is -2.20. The SMILES string of the molecule is CC(C)C[C@H](NC(=O)[C@H](Cc1cnc[nH]1)NC(=O)/C=C\C(=O)O)C(=O)O. The average molecular weight is 366 g/mol. The summed E-state index contributed by atoms with van der Waals surface area (Å²) >= 11 is 0. The largest absolute Gasteiger partial charge is 0.480 e. The van der Waals surface area contributed by atoms with Gasteiger partial charge in [0.1, 0.15) is 12.1 Å². The summed E-state index contributed by atoms with van der Waals surface area (Å²) < 4.78 is 0. The van der Waals surface area contributed by atoms with E-state index >= 15 is 0 Å². The smallest absolute Gasteiger partial charge is 0.328 e. The highest BCUT2D eigenvalue weighted by Gasteiger charge is 2.27. The Hall–Kier alpha value is -3.17. The summed E-state index contributed by atoms with van der Waals surface area (Å²) in [7, 11) is 0. The standard InChI is InChI=1S/C16H22N4O6/c1-9(2)5-12(16(25)26)20-15(24)11(6-10-7-17-8-18-10)19-13(21)3-4-14(22)23/h3-4,7-9,11-12H,5-6H2,1-2H3,(H,17,18)(H,19,21)(H,20,24)(H,22,23)(H,25,26)/b4-3-/t11-,12-/m0/s1. The molecule has 0 aliphatic carbocycles. The topological polar surface area (TPSA) is 161 Å². The van der Waals surface area contributed by atoms with Crippen LogP contribution < -0.4 is 10.6 Å². The number of carbonyl (C=O) groups is 4. The van der Waals surface area contributed by atoms with Crippen molar-refractivity contribution in [2.24, 2.45) is 5.92 Å². The van der Waals surface area contributed by atoms with Crippen LogP contribution in [0.1, 0.15) is 26.0 Å². The molecule has 0 aromatic carbocycles. The Labute approximate surface area is 149 Å². The minimum absolute atomic E-state index is 0.0342. The molecule has 1 rings (SSSR count). The van der Waals surface area contributed by atoms with Gasteiger partial charge < -0.3 is 25.8 Å². The Balaban J connectivity index is 2.87. The lowest BCUT2D eigenvalue weighted by Crippen LogP contribution is -2.52. The van der Waals surface area contributed by atoms with Crippen LogP contribution in [0.5, 0.6) is 0 Å². The van der Waals surface area contributed by atoms with Crippen LogP contribution in [0.25, 0.3) is 0 Å². The van der Waals surface area contributed by atoms with E-state index < -0.39 is 35.8 Å². The zero-order chi connectivity index (χ0) is 19.7. The van der Waals surface area contributed by atoms with E-state index in [4.69, 9.17) is 5.11 Å². The number of aromatic nitrogens is 2. The van der Waals surface area contributed by atoms with E-state index in [2.05, 4.69) is 20.6 Å². The van der Waals surface area contributed by atoms with Gasteiger partial charge in [0.15, 0.2) is 0 Å². The van der Waals surface area contributed by atoms with E-state index in [1.54, 1.807) is 0 Å². The Bertz CT molecular complexity index is 668. The third-order valence-corrected chi connectivity index (χ3v) is 3.31. The molecule has 0 aliphatic rings. The molecule has 1 aromatic heterocycles. The normalized spacial score (nSPS) is 13.3. The molecule has 10 heteroatoms. The summed E-state index contributed by atoms with van der Waals surface area (Å²) in [4.78, 5) is 52.7. The highest BCUT2D eigenvalue weighted by atomic mass is 16.4. The number of carboxylic acids is 2. The van der Waals surface area contributed by atoms with Crippen LogP contribution in [-0.2, 0) is 25.6 Å². The quantitative estimate of drug-likeness (QED) is 0.355. The second kappa shape index (κ2) is 9.97. The first-order chi connectivity index (χ1) is 12.2. The first kappa shape index (κ1) is 20.9. The molecule has 26 heavy (non-hydrogen) atoms. The average Bonchev–Trinajstić information content (AvgIpc) is 3.04. The monoisotopic (exact) mass is 366 g/mol. The first-order valence-electron chi connectivity index (χ1n) is 7.91. The van der Waals surface area contributed by atoms with Crippen molar-refractivity contribution >= 4 is 23.8 Å². The molecule has 142 valence electrons. The molecule has 0 radical (unpaired) electrons. The minimum atomic E-state index is -1.31. The molecule has 0 unspecified atom stereocenters. The molecule has 0 spiro atoms. The van der Waals surface area contributed by atoms with Crippen LogP contribution in [0.2, 0.25) is 0 Å². The third-order valence-electron chi connectivity index (χ3n) is 3.31. The van der Waals surface area contributed by atoms with Gasteiger partial charge in [-0.15, -0.1) is 0 Å². The van der Waals surface area contributed by atoms with E-state index in [-0.39, 0.29) is 18.8 Å². The van der Waals surface area contributed by atoms with Crippen LogP contribution >= 0.6 is 0 Å². The van der Waals surface area contributed by atoms with Gasteiger partial charge in [0, 0.05) is 30.5 Å². The zero-order valence-electron chi connectivity index (χ0n) is 14.4. The van der Waals surface area contributed by atoms with Crippen LogP contribution in [0, 0.1) is 5.92 Å². The van der Waals surface area contributed by atoms with Gasteiger partial charge in [0.25, 0.3) is 0 Å². The number of nitrogens with one attached hydrogen (secondary N) is 3. The summed E-state index contributed by atoms with van der Waals surface area (Å²) in [6.07, 6.45) is 4.53. The molecule has 1 heterocycles. The molecule has 5 N–H and O–H groups in total. The Kier molecular flexibility index (Phi) is 8.00. The second-order valence-corrected chi connectivity index (χ2v) is 6.04. The molecule has 0 fully saturated rings. The first-order valence-corrected chi connectivity index (χ1v) is 7.91. The lowest BCUT2D eigenvalue weighted by Gasteiger charge is -2.21. The molecule has 2 atom stereocenters. The molecule has 2 amide bonds. The van der Waals surface area contributed by atoms with E-state index in [9.17, 15) is 24.3 Å². The van der Waals surface area contributed by atoms with Gasteiger partial charge in [-0.3, -0.25) is 9.59 Å². The molecule has 0 saturated heterocycles. The van der Waals surface area contributed by atoms with Crippen molar-refractivity contribution < 1.29 is 29.4 Å².